The van der Waals surface area contributed by atoms with E-state index in [4.69, 9.17) is 0 Å². The Kier molecular flexibility index (Phi) is 7.03. The van der Waals surface area contributed by atoms with Gasteiger partial charge in [-0.25, -0.2) is 0 Å². The van der Waals surface area contributed by atoms with E-state index in [0.717, 1.165) is 18.0 Å². The fourth-order valence-electron chi connectivity index (χ4n) is 2.08. The Bertz CT molecular complexity index is 685. The molecule has 0 N–H and O–H groups in total. The number of rotatable bonds is 7. The van der Waals surface area contributed by atoms with Crippen molar-refractivity contribution in [2.45, 2.75) is 12.7 Å². The minimum Gasteiger partial charge on any atom is -0.348 e. The van der Waals surface area contributed by atoms with E-state index >= 15 is 0 Å². The summed E-state index contributed by atoms with van der Waals surface area (Å²) in [7, 11) is 0. The van der Waals surface area contributed by atoms with E-state index in [-0.39, 0.29) is 0 Å². The molecule has 2 aromatic rings. The van der Waals surface area contributed by atoms with Crippen LogP contribution in [0.5, 0.6) is 0 Å². The fraction of sp³-hybridized carbons (Fsp3) is 0.150. The van der Waals surface area contributed by atoms with Crippen LogP contribution in [0.3, 0.4) is 0 Å². The molecule has 0 atom stereocenters. The maximum atomic E-state index is 9.26. The van der Waals surface area contributed by atoms with Crippen LogP contribution >= 0.6 is 11.8 Å². The van der Waals surface area contributed by atoms with Crippen molar-refractivity contribution in [3.8, 4) is 6.07 Å². The van der Waals surface area contributed by atoms with Gasteiger partial charge >= 0.3 is 0 Å². The van der Waals surface area contributed by atoms with Crippen LogP contribution in [0.2, 0.25) is 0 Å². The number of anilines is 1. The second-order valence-corrected chi connectivity index (χ2v) is 5.90. The number of nitriles is 1. The van der Waals surface area contributed by atoms with E-state index in [1.807, 2.05) is 54.8 Å². The Balaban J connectivity index is 1.97. The third-order valence-corrected chi connectivity index (χ3v) is 4.31. The number of benzene rings is 2. The van der Waals surface area contributed by atoms with Gasteiger partial charge in [-0.3, -0.25) is 0 Å². The molecule has 0 aliphatic rings. The molecule has 0 unspecified atom stereocenters. The van der Waals surface area contributed by atoms with Gasteiger partial charge in [0.2, 0.25) is 0 Å². The van der Waals surface area contributed by atoms with Crippen molar-refractivity contribution in [3.63, 3.8) is 0 Å². The Morgan fingerprint density at radius 1 is 1.09 bits per heavy atom. The van der Waals surface area contributed by atoms with Gasteiger partial charge in [-0.1, -0.05) is 48.5 Å². The average molecular weight is 320 g/mol. The van der Waals surface area contributed by atoms with Gasteiger partial charge in [-0.2, -0.15) is 5.26 Å². The number of thioether (sulfide) groups is 1. The van der Waals surface area contributed by atoms with E-state index in [1.54, 1.807) is 11.8 Å². The first-order chi connectivity index (χ1) is 11.3. The molecule has 0 aliphatic carbocycles. The fourth-order valence-corrected chi connectivity index (χ4v) is 2.83. The first-order valence-electron chi connectivity index (χ1n) is 7.60. The molecular formula is C20H20N2S. The van der Waals surface area contributed by atoms with Crippen molar-refractivity contribution < 1.29 is 0 Å². The molecule has 0 bridgehead atoms. The van der Waals surface area contributed by atoms with Gasteiger partial charge in [-0.15, -0.1) is 11.8 Å². The Morgan fingerprint density at radius 2 is 1.74 bits per heavy atom. The normalized spacial score (nSPS) is 11.4. The Morgan fingerprint density at radius 3 is 2.35 bits per heavy atom. The van der Waals surface area contributed by atoms with Gasteiger partial charge in [0, 0.05) is 24.2 Å². The summed E-state index contributed by atoms with van der Waals surface area (Å²) in [5.41, 5.74) is 2.37. The molecule has 0 saturated carbocycles. The maximum absolute atomic E-state index is 9.26. The molecule has 2 nitrogen and oxygen atoms in total. The van der Waals surface area contributed by atoms with Crippen molar-refractivity contribution in [1.29, 1.82) is 5.26 Å². The van der Waals surface area contributed by atoms with Crippen molar-refractivity contribution in [2.24, 2.45) is 0 Å². The SMILES string of the molecule is CCN(/C=C\C=C(\C#N)SCc1ccccc1)c1ccccc1. The van der Waals surface area contributed by atoms with E-state index < -0.39 is 0 Å². The molecule has 0 heterocycles. The number of hydrogen-bond donors (Lipinski definition) is 0. The van der Waals surface area contributed by atoms with Crippen molar-refractivity contribution in [1.82, 2.24) is 0 Å². The third-order valence-electron chi connectivity index (χ3n) is 3.29. The molecule has 116 valence electrons. The van der Waals surface area contributed by atoms with E-state index in [9.17, 15) is 5.26 Å². The quantitative estimate of drug-likeness (QED) is 0.507. The summed E-state index contributed by atoms with van der Waals surface area (Å²) in [4.78, 5) is 2.86. The van der Waals surface area contributed by atoms with Crippen LogP contribution in [0.1, 0.15) is 12.5 Å². The van der Waals surface area contributed by atoms with Gasteiger partial charge in [0.15, 0.2) is 0 Å². The summed E-state index contributed by atoms with van der Waals surface area (Å²) in [5, 5.41) is 9.26. The summed E-state index contributed by atoms with van der Waals surface area (Å²) in [6.45, 7) is 2.99. The first-order valence-corrected chi connectivity index (χ1v) is 8.59. The highest BCUT2D eigenvalue weighted by molar-refractivity contribution is 8.02. The lowest BCUT2D eigenvalue weighted by Crippen LogP contribution is -2.14. The number of nitrogens with zero attached hydrogens (tertiary/aromatic N) is 2. The summed E-state index contributed by atoms with van der Waals surface area (Å²) in [6, 6.07) is 22.7. The van der Waals surface area contributed by atoms with E-state index in [2.05, 4.69) is 42.2 Å². The van der Waals surface area contributed by atoms with Crippen LogP contribution in [-0.4, -0.2) is 6.54 Å². The third kappa shape index (κ3) is 5.69. The first kappa shape index (κ1) is 16.9. The van der Waals surface area contributed by atoms with Crippen LogP contribution in [0, 0.1) is 11.3 Å². The minimum absolute atomic E-state index is 0.717. The molecule has 2 rings (SSSR count). The molecule has 0 spiro atoms. The van der Waals surface area contributed by atoms with Crippen LogP contribution in [0.25, 0.3) is 0 Å². The standard InChI is InChI=1S/C20H20N2S/c1-2-22(19-12-7-4-8-13-19)15-9-14-20(16-21)23-17-18-10-5-3-6-11-18/h3-15H,2,17H2,1H3/b15-9-,20-14-. The highest BCUT2D eigenvalue weighted by Gasteiger charge is 1.99. The topological polar surface area (TPSA) is 27.0 Å². The molecule has 0 fully saturated rings. The zero-order chi connectivity index (χ0) is 16.3. The van der Waals surface area contributed by atoms with Crippen molar-refractivity contribution in [3.05, 3.63) is 89.5 Å². The lowest BCUT2D eigenvalue weighted by Gasteiger charge is -2.17. The van der Waals surface area contributed by atoms with Crippen LogP contribution < -0.4 is 4.90 Å². The van der Waals surface area contributed by atoms with Gasteiger partial charge in [0.05, 0.1) is 4.91 Å². The monoisotopic (exact) mass is 320 g/mol. The molecule has 0 saturated heterocycles. The molecule has 3 heteroatoms. The summed E-state index contributed by atoms with van der Waals surface area (Å²) in [6.07, 6.45) is 5.82. The molecule has 0 aliphatic heterocycles. The van der Waals surface area contributed by atoms with Crippen molar-refractivity contribution in [2.75, 3.05) is 11.4 Å². The van der Waals surface area contributed by atoms with E-state index in [0.29, 0.717) is 4.91 Å². The van der Waals surface area contributed by atoms with Gasteiger partial charge in [0.25, 0.3) is 0 Å². The predicted octanol–water partition coefficient (Wildman–Crippen LogP) is 5.37. The predicted molar refractivity (Wildman–Crippen MR) is 100 cm³/mol. The molecule has 0 amide bonds. The minimum atomic E-state index is 0.717. The number of hydrogen-bond acceptors (Lipinski definition) is 3. The molecule has 23 heavy (non-hydrogen) atoms. The Labute approximate surface area is 142 Å². The average Bonchev–Trinajstić information content (AvgIpc) is 2.63. The zero-order valence-corrected chi connectivity index (χ0v) is 14.0. The second kappa shape index (κ2) is 9.55. The second-order valence-electron chi connectivity index (χ2n) is 4.88. The number of para-hydroxylation sites is 1. The molecule has 0 radical (unpaired) electrons. The van der Waals surface area contributed by atoms with E-state index in [1.165, 1.54) is 5.56 Å². The highest BCUT2D eigenvalue weighted by Crippen LogP contribution is 2.21. The van der Waals surface area contributed by atoms with Crippen LogP contribution in [0.4, 0.5) is 5.69 Å². The summed E-state index contributed by atoms with van der Waals surface area (Å²) in [5.74, 6) is 0.810. The smallest absolute Gasteiger partial charge is 0.106 e. The Hall–Kier alpha value is -2.44. The van der Waals surface area contributed by atoms with Gasteiger partial charge in [-0.05, 0) is 36.8 Å². The maximum Gasteiger partial charge on any atom is 0.106 e. The van der Waals surface area contributed by atoms with Crippen LogP contribution in [0.15, 0.2) is 83.9 Å². The number of allylic oxidation sites excluding steroid dienone is 3. The van der Waals surface area contributed by atoms with Crippen LogP contribution in [-0.2, 0) is 5.75 Å². The largest absolute Gasteiger partial charge is 0.348 e. The molecular weight excluding hydrogens is 300 g/mol. The molecule has 0 aromatic heterocycles. The highest BCUT2D eigenvalue weighted by atomic mass is 32.2. The lowest BCUT2D eigenvalue weighted by molar-refractivity contribution is 1.02. The zero-order valence-electron chi connectivity index (χ0n) is 13.2. The van der Waals surface area contributed by atoms with Gasteiger partial charge < -0.3 is 4.90 Å². The summed E-state index contributed by atoms with van der Waals surface area (Å²) >= 11 is 1.56. The van der Waals surface area contributed by atoms with Crippen molar-refractivity contribution >= 4 is 17.4 Å². The molecule has 2 aromatic carbocycles. The summed E-state index contributed by atoms with van der Waals surface area (Å²) < 4.78 is 0. The lowest BCUT2D eigenvalue weighted by atomic mass is 10.2. The van der Waals surface area contributed by atoms with Gasteiger partial charge in [0.1, 0.15) is 6.07 Å².